The molecule has 74 valence electrons. The molecule has 2 aliphatic rings. The van der Waals surface area contributed by atoms with Crippen molar-refractivity contribution in [1.82, 2.24) is 0 Å². The van der Waals surface area contributed by atoms with E-state index in [1.165, 1.54) is 0 Å². The number of Topliss-reactive ketones (excluding diaryl/α,β-unsaturated/α-hetero) is 1. The van der Waals surface area contributed by atoms with Gasteiger partial charge in [0, 0.05) is 11.8 Å². The third kappa shape index (κ3) is 1.41. The van der Waals surface area contributed by atoms with Crippen molar-refractivity contribution in [3.63, 3.8) is 0 Å². The van der Waals surface area contributed by atoms with Crippen LogP contribution in [0, 0.1) is 29.6 Å². The molecule has 0 aromatic rings. The van der Waals surface area contributed by atoms with Gasteiger partial charge in [0.2, 0.25) is 0 Å². The van der Waals surface area contributed by atoms with Crippen LogP contribution < -0.4 is 0 Å². The van der Waals surface area contributed by atoms with Crippen LogP contribution >= 0.6 is 0 Å². The normalized spacial score (nSPS) is 38.9. The summed E-state index contributed by atoms with van der Waals surface area (Å²) in [6, 6.07) is 0. The van der Waals surface area contributed by atoms with E-state index in [0.29, 0.717) is 29.5 Å². The van der Waals surface area contributed by atoms with E-state index in [1.807, 2.05) is 0 Å². The molecular formula is C11H18O2. The van der Waals surface area contributed by atoms with Gasteiger partial charge in [0.05, 0.1) is 13.2 Å². The maximum absolute atomic E-state index is 11.9. The van der Waals surface area contributed by atoms with Gasteiger partial charge in [0.1, 0.15) is 5.78 Å². The molecule has 0 bridgehead atoms. The molecule has 3 atom stereocenters. The predicted octanol–water partition coefficient (Wildman–Crippen LogP) is 1.74. The minimum absolute atomic E-state index is 0.232. The van der Waals surface area contributed by atoms with Crippen LogP contribution in [0.15, 0.2) is 0 Å². The molecule has 1 saturated heterocycles. The van der Waals surface area contributed by atoms with Crippen molar-refractivity contribution in [1.29, 1.82) is 0 Å². The van der Waals surface area contributed by atoms with E-state index in [-0.39, 0.29) is 5.92 Å². The number of hydrogen-bond donors (Lipinski definition) is 0. The highest BCUT2D eigenvalue weighted by molar-refractivity contribution is 5.86. The van der Waals surface area contributed by atoms with Crippen molar-refractivity contribution in [2.45, 2.75) is 20.8 Å². The van der Waals surface area contributed by atoms with Crippen molar-refractivity contribution in [3.05, 3.63) is 0 Å². The molecule has 13 heavy (non-hydrogen) atoms. The molecule has 3 unspecified atom stereocenters. The zero-order valence-electron chi connectivity index (χ0n) is 8.62. The molecule has 2 heteroatoms. The van der Waals surface area contributed by atoms with E-state index < -0.39 is 0 Å². The molecule has 2 fully saturated rings. The van der Waals surface area contributed by atoms with Gasteiger partial charge < -0.3 is 4.74 Å². The topological polar surface area (TPSA) is 26.3 Å². The summed E-state index contributed by atoms with van der Waals surface area (Å²) in [5, 5.41) is 0. The first-order valence-corrected chi connectivity index (χ1v) is 5.24. The molecule has 1 aliphatic carbocycles. The number of rotatable bonds is 3. The predicted molar refractivity (Wildman–Crippen MR) is 50.3 cm³/mol. The van der Waals surface area contributed by atoms with Crippen LogP contribution in [-0.4, -0.2) is 19.0 Å². The number of carbonyl (C=O) groups is 1. The lowest BCUT2D eigenvalue weighted by molar-refractivity contribution is -0.126. The third-order valence-electron chi connectivity index (χ3n) is 3.73. The molecule has 0 radical (unpaired) electrons. The molecule has 1 heterocycles. The highest BCUT2D eigenvalue weighted by Gasteiger charge is 2.58. The lowest BCUT2D eigenvalue weighted by Gasteiger charge is -2.15. The highest BCUT2D eigenvalue weighted by atomic mass is 16.5. The SMILES string of the molecule is CC(C)C(C)C(=O)C1C2COCC21. The van der Waals surface area contributed by atoms with Crippen LogP contribution in [0.5, 0.6) is 0 Å². The van der Waals surface area contributed by atoms with Crippen LogP contribution in [0.3, 0.4) is 0 Å². The fraction of sp³-hybridized carbons (Fsp3) is 0.909. The van der Waals surface area contributed by atoms with E-state index in [9.17, 15) is 4.79 Å². The van der Waals surface area contributed by atoms with E-state index in [2.05, 4.69) is 20.8 Å². The molecule has 1 aliphatic heterocycles. The van der Waals surface area contributed by atoms with Crippen molar-refractivity contribution in [3.8, 4) is 0 Å². The van der Waals surface area contributed by atoms with Crippen molar-refractivity contribution < 1.29 is 9.53 Å². The van der Waals surface area contributed by atoms with Crippen LogP contribution in [0.25, 0.3) is 0 Å². The van der Waals surface area contributed by atoms with Gasteiger partial charge in [-0.25, -0.2) is 0 Å². The summed E-state index contributed by atoms with van der Waals surface area (Å²) in [5.41, 5.74) is 0. The van der Waals surface area contributed by atoms with Crippen LogP contribution in [-0.2, 0) is 9.53 Å². The average Bonchev–Trinajstić information content (AvgIpc) is 2.56. The fourth-order valence-electron chi connectivity index (χ4n) is 2.29. The molecule has 2 rings (SSSR count). The monoisotopic (exact) mass is 182 g/mol. The minimum atomic E-state index is 0.232. The molecule has 0 spiro atoms. The first kappa shape index (κ1) is 9.20. The first-order chi connectivity index (χ1) is 6.13. The molecule has 2 nitrogen and oxygen atoms in total. The lowest BCUT2D eigenvalue weighted by atomic mass is 9.90. The summed E-state index contributed by atoms with van der Waals surface area (Å²) in [5.74, 6) is 2.70. The van der Waals surface area contributed by atoms with Crippen LogP contribution in [0.1, 0.15) is 20.8 Å². The molecule has 0 N–H and O–H groups in total. The van der Waals surface area contributed by atoms with Gasteiger partial charge >= 0.3 is 0 Å². The Kier molecular flexibility index (Phi) is 2.18. The van der Waals surface area contributed by atoms with Gasteiger partial charge in [-0.3, -0.25) is 4.79 Å². The second-order valence-corrected chi connectivity index (χ2v) is 4.83. The highest BCUT2D eigenvalue weighted by Crippen LogP contribution is 2.52. The molecule has 0 aromatic carbocycles. The third-order valence-corrected chi connectivity index (χ3v) is 3.73. The van der Waals surface area contributed by atoms with Gasteiger partial charge in [-0.1, -0.05) is 20.8 Å². The summed E-state index contributed by atoms with van der Waals surface area (Å²) in [6.45, 7) is 7.95. The second-order valence-electron chi connectivity index (χ2n) is 4.83. The Morgan fingerprint density at radius 3 is 2.23 bits per heavy atom. The molecule has 1 saturated carbocycles. The van der Waals surface area contributed by atoms with E-state index in [4.69, 9.17) is 4.74 Å². The zero-order valence-corrected chi connectivity index (χ0v) is 8.62. The van der Waals surface area contributed by atoms with E-state index >= 15 is 0 Å². The summed E-state index contributed by atoms with van der Waals surface area (Å²) < 4.78 is 5.27. The van der Waals surface area contributed by atoms with Gasteiger partial charge in [-0.2, -0.15) is 0 Å². The largest absolute Gasteiger partial charge is 0.381 e. The summed E-state index contributed by atoms with van der Waals surface area (Å²) in [4.78, 5) is 11.9. The number of fused-ring (bicyclic) bond motifs is 1. The molecule has 0 aromatic heterocycles. The Morgan fingerprint density at radius 2 is 1.77 bits per heavy atom. The van der Waals surface area contributed by atoms with Crippen molar-refractivity contribution >= 4 is 5.78 Å². The van der Waals surface area contributed by atoms with Crippen LogP contribution in [0.2, 0.25) is 0 Å². The quantitative estimate of drug-likeness (QED) is 0.664. The minimum Gasteiger partial charge on any atom is -0.381 e. The maximum Gasteiger partial charge on any atom is 0.139 e. The van der Waals surface area contributed by atoms with Crippen molar-refractivity contribution in [2.24, 2.45) is 29.6 Å². The van der Waals surface area contributed by atoms with E-state index in [0.717, 1.165) is 13.2 Å². The Bertz CT molecular complexity index is 212. The first-order valence-electron chi connectivity index (χ1n) is 5.24. The van der Waals surface area contributed by atoms with Gasteiger partial charge in [-0.15, -0.1) is 0 Å². The number of carbonyl (C=O) groups excluding carboxylic acids is 1. The Hall–Kier alpha value is -0.370. The fourth-order valence-corrected chi connectivity index (χ4v) is 2.29. The van der Waals surface area contributed by atoms with E-state index in [1.54, 1.807) is 0 Å². The molecule has 0 amide bonds. The molecular weight excluding hydrogens is 164 g/mol. The Morgan fingerprint density at radius 1 is 1.23 bits per heavy atom. The summed E-state index contributed by atoms with van der Waals surface area (Å²) >= 11 is 0. The maximum atomic E-state index is 11.9. The van der Waals surface area contributed by atoms with Crippen molar-refractivity contribution in [2.75, 3.05) is 13.2 Å². The smallest absolute Gasteiger partial charge is 0.139 e. The second kappa shape index (κ2) is 3.09. The number of hydrogen-bond acceptors (Lipinski definition) is 2. The Labute approximate surface area is 79.7 Å². The zero-order chi connectivity index (χ0) is 9.59. The average molecular weight is 182 g/mol. The Balaban J connectivity index is 1.93. The summed E-state index contributed by atoms with van der Waals surface area (Å²) in [7, 11) is 0. The number of ether oxygens (including phenoxy) is 1. The van der Waals surface area contributed by atoms with Crippen LogP contribution in [0.4, 0.5) is 0 Å². The summed E-state index contributed by atoms with van der Waals surface area (Å²) in [6.07, 6.45) is 0. The standard InChI is InChI=1S/C11H18O2/c1-6(2)7(3)11(12)10-8-4-13-5-9(8)10/h6-10H,4-5H2,1-3H3. The van der Waals surface area contributed by atoms with Gasteiger partial charge in [-0.05, 0) is 17.8 Å². The lowest BCUT2D eigenvalue weighted by Crippen LogP contribution is -2.21. The van der Waals surface area contributed by atoms with Gasteiger partial charge in [0.25, 0.3) is 0 Å². The van der Waals surface area contributed by atoms with Gasteiger partial charge in [0.15, 0.2) is 0 Å². The number of ketones is 1.